The molecule has 31 heavy (non-hydrogen) atoms. The van der Waals surface area contributed by atoms with Gasteiger partial charge in [0.05, 0.1) is 11.1 Å². The summed E-state index contributed by atoms with van der Waals surface area (Å²) in [4.78, 5) is 43.7. The van der Waals surface area contributed by atoms with Crippen LogP contribution in [-0.2, 0) is 16.1 Å². The summed E-state index contributed by atoms with van der Waals surface area (Å²) in [6.07, 6.45) is 0. The molecule has 0 saturated heterocycles. The van der Waals surface area contributed by atoms with Crippen LogP contribution >= 0.6 is 0 Å². The molecule has 0 unspecified atom stereocenters. The van der Waals surface area contributed by atoms with E-state index in [0.29, 0.717) is 5.82 Å². The van der Waals surface area contributed by atoms with E-state index in [2.05, 4.69) is 10.1 Å². The molecule has 8 nitrogen and oxygen atoms in total. The van der Waals surface area contributed by atoms with Crippen molar-refractivity contribution in [3.8, 4) is 11.4 Å². The molecule has 1 aliphatic rings. The van der Waals surface area contributed by atoms with E-state index in [4.69, 9.17) is 9.26 Å². The second kappa shape index (κ2) is 8.14. The van der Waals surface area contributed by atoms with Gasteiger partial charge in [0.25, 0.3) is 17.7 Å². The quantitative estimate of drug-likeness (QED) is 0.446. The lowest BCUT2D eigenvalue weighted by molar-refractivity contribution is -0.152. The Kier molecular flexibility index (Phi) is 5.37. The van der Waals surface area contributed by atoms with Gasteiger partial charge in [-0.3, -0.25) is 14.5 Å². The first-order chi connectivity index (χ1) is 14.9. The van der Waals surface area contributed by atoms with E-state index in [9.17, 15) is 14.4 Å². The normalized spacial score (nSPS) is 14.1. The molecule has 0 fully saturated rings. The Morgan fingerprint density at radius 1 is 1.00 bits per heavy atom. The largest absolute Gasteiger partial charge is 0.454 e. The predicted octanol–water partition coefficient (Wildman–Crippen LogP) is 3.41. The standard InChI is InChI=1S/C23H21N3O5/c1-13(2)19(26-21(27)16-10-6-7-11-17(16)22(26)28)23(29)30-12-18-24-20(25-31-18)15-9-5-4-8-14(15)3/h4-11,13,19H,12H2,1-3H3/t19-/m0/s1. The van der Waals surface area contributed by atoms with E-state index in [0.717, 1.165) is 16.0 Å². The van der Waals surface area contributed by atoms with Crippen LogP contribution < -0.4 is 0 Å². The molecule has 158 valence electrons. The SMILES string of the molecule is Cc1ccccc1-c1noc(COC(=O)[C@H](C(C)C)N2C(=O)c3ccccc3C2=O)n1. The van der Waals surface area contributed by atoms with Crippen LogP contribution in [0.4, 0.5) is 0 Å². The topological polar surface area (TPSA) is 103 Å². The summed E-state index contributed by atoms with van der Waals surface area (Å²) in [5, 5.41) is 3.94. The molecule has 0 spiro atoms. The average molecular weight is 419 g/mol. The highest BCUT2D eigenvalue weighted by molar-refractivity contribution is 6.22. The second-order valence-corrected chi connectivity index (χ2v) is 7.65. The third-order valence-electron chi connectivity index (χ3n) is 5.17. The zero-order valence-electron chi connectivity index (χ0n) is 17.4. The van der Waals surface area contributed by atoms with E-state index in [1.54, 1.807) is 38.1 Å². The zero-order valence-corrected chi connectivity index (χ0v) is 17.4. The van der Waals surface area contributed by atoms with Gasteiger partial charge in [-0.1, -0.05) is 55.4 Å². The van der Waals surface area contributed by atoms with Crippen LogP contribution in [0.2, 0.25) is 0 Å². The van der Waals surface area contributed by atoms with Crippen molar-refractivity contribution in [1.29, 1.82) is 0 Å². The maximum absolute atomic E-state index is 12.9. The number of aromatic nitrogens is 2. The lowest BCUT2D eigenvalue weighted by atomic mass is 10.0. The Balaban J connectivity index is 1.49. The Bertz CT molecular complexity index is 1130. The zero-order chi connectivity index (χ0) is 22.1. The van der Waals surface area contributed by atoms with E-state index >= 15 is 0 Å². The molecule has 1 atom stereocenters. The van der Waals surface area contributed by atoms with Gasteiger partial charge in [-0.05, 0) is 30.5 Å². The number of esters is 1. The third-order valence-corrected chi connectivity index (χ3v) is 5.17. The van der Waals surface area contributed by atoms with Crippen LogP contribution in [0.1, 0.15) is 46.0 Å². The maximum Gasteiger partial charge on any atom is 0.330 e. The molecule has 0 bridgehead atoms. The van der Waals surface area contributed by atoms with Crippen LogP contribution in [0.25, 0.3) is 11.4 Å². The monoisotopic (exact) mass is 419 g/mol. The van der Waals surface area contributed by atoms with Crippen molar-refractivity contribution in [2.45, 2.75) is 33.4 Å². The van der Waals surface area contributed by atoms with Crippen molar-refractivity contribution >= 4 is 17.8 Å². The maximum atomic E-state index is 12.9. The summed E-state index contributed by atoms with van der Waals surface area (Å²) in [5.74, 6) is -1.55. The number of hydrogen-bond acceptors (Lipinski definition) is 7. The van der Waals surface area contributed by atoms with E-state index in [-0.39, 0.29) is 29.5 Å². The van der Waals surface area contributed by atoms with Crippen LogP contribution in [-0.4, -0.2) is 38.9 Å². The Morgan fingerprint density at radius 3 is 2.16 bits per heavy atom. The minimum absolute atomic E-state index is 0.122. The first kappa shape index (κ1) is 20.5. The fourth-order valence-corrected chi connectivity index (χ4v) is 3.60. The lowest BCUT2D eigenvalue weighted by Crippen LogP contribution is -2.48. The summed E-state index contributed by atoms with van der Waals surface area (Å²) in [5.41, 5.74) is 2.36. The van der Waals surface area contributed by atoms with Crippen LogP contribution in [0.15, 0.2) is 53.1 Å². The van der Waals surface area contributed by atoms with Gasteiger partial charge in [0.15, 0.2) is 6.61 Å². The highest BCUT2D eigenvalue weighted by atomic mass is 16.6. The molecule has 2 amide bonds. The van der Waals surface area contributed by atoms with Crippen molar-refractivity contribution in [2.75, 3.05) is 0 Å². The first-order valence-electron chi connectivity index (χ1n) is 9.90. The lowest BCUT2D eigenvalue weighted by Gasteiger charge is -2.27. The molecular weight excluding hydrogens is 398 g/mol. The van der Waals surface area contributed by atoms with Gasteiger partial charge in [-0.15, -0.1) is 0 Å². The van der Waals surface area contributed by atoms with Gasteiger partial charge in [0.2, 0.25) is 5.82 Å². The number of aryl methyl sites for hydroxylation is 1. The molecule has 4 rings (SSSR count). The number of rotatable bonds is 6. The van der Waals surface area contributed by atoms with Crippen molar-refractivity contribution in [3.63, 3.8) is 0 Å². The van der Waals surface area contributed by atoms with Gasteiger partial charge in [-0.25, -0.2) is 4.79 Å². The average Bonchev–Trinajstić information content (AvgIpc) is 3.32. The van der Waals surface area contributed by atoms with Gasteiger partial charge < -0.3 is 9.26 Å². The Labute approximate surface area is 178 Å². The number of carbonyl (C=O) groups excluding carboxylic acids is 3. The summed E-state index contributed by atoms with van der Waals surface area (Å²) in [6, 6.07) is 13.0. The Morgan fingerprint density at radius 2 is 1.58 bits per heavy atom. The molecule has 2 aromatic carbocycles. The van der Waals surface area contributed by atoms with Crippen molar-refractivity contribution in [3.05, 3.63) is 71.1 Å². The van der Waals surface area contributed by atoms with Gasteiger partial charge >= 0.3 is 5.97 Å². The summed E-state index contributed by atoms with van der Waals surface area (Å²) >= 11 is 0. The van der Waals surface area contributed by atoms with Gasteiger partial charge in [0, 0.05) is 5.56 Å². The molecule has 0 radical (unpaired) electrons. The number of carbonyl (C=O) groups is 3. The molecule has 2 heterocycles. The number of imide groups is 1. The summed E-state index contributed by atoms with van der Waals surface area (Å²) < 4.78 is 10.6. The highest BCUT2D eigenvalue weighted by Crippen LogP contribution is 2.28. The smallest absolute Gasteiger partial charge is 0.330 e. The van der Waals surface area contributed by atoms with Crippen molar-refractivity contribution in [1.82, 2.24) is 15.0 Å². The highest BCUT2D eigenvalue weighted by Gasteiger charge is 2.44. The number of hydrogen-bond donors (Lipinski definition) is 0. The van der Waals surface area contributed by atoms with Crippen molar-refractivity contribution in [2.24, 2.45) is 5.92 Å². The van der Waals surface area contributed by atoms with E-state index in [1.165, 1.54) is 0 Å². The predicted molar refractivity (Wildman–Crippen MR) is 110 cm³/mol. The fraction of sp³-hybridized carbons (Fsp3) is 0.261. The second-order valence-electron chi connectivity index (χ2n) is 7.65. The number of ether oxygens (including phenoxy) is 1. The fourth-order valence-electron chi connectivity index (χ4n) is 3.60. The molecule has 3 aromatic rings. The van der Waals surface area contributed by atoms with Crippen molar-refractivity contribution < 1.29 is 23.6 Å². The third kappa shape index (κ3) is 3.72. The minimum atomic E-state index is -1.06. The molecule has 1 aromatic heterocycles. The molecule has 0 saturated carbocycles. The van der Waals surface area contributed by atoms with E-state index in [1.807, 2.05) is 31.2 Å². The molecule has 0 N–H and O–H groups in total. The molecular formula is C23H21N3O5. The number of amides is 2. The van der Waals surface area contributed by atoms with Crippen LogP contribution in [0.5, 0.6) is 0 Å². The molecule has 0 aliphatic carbocycles. The number of fused-ring (bicyclic) bond motifs is 1. The summed E-state index contributed by atoms with van der Waals surface area (Å²) in [6.45, 7) is 5.17. The first-order valence-corrected chi connectivity index (χ1v) is 9.90. The Hall–Kier alpha value is -3.81. The van der Waals surface area contributed by atoms with Gasteiger partial charge in [-0.2, -0.15) is 4.98 Å². The van der Waals surface area contributed by atoms with E-state index < -0.39 is 23.8 Å². The molecule has 1 aliphatic heterocycles. The van der Waals surface area contributed by atoms with Crippen LogP contribution in [0, 0.1) is 12.8 Å². The van der Waals surface area contributed by atoms with Crippen LogP contribution in [0.3, 0.4) is 0 Å². The summed E-state index contributed by atoms with van der Waals surface area (Å²) in [7, 11) is 0. The molecule has 8 heteroatoms. The number of nitrogens with zero attached hydrogens (tertiary/aromatic N) is 3. The number of benzene rings is 2. The van der Waals surface area contributed by atoms with Gasteiger partial charge in [0.1, 0.15) is 6.04 Å². The minimum Gasteiger partial charge on any atom is -0.454 e.